The molecule has 9 heteroatoms. The molecule has 0 aliphatic rings. The van der Waals surface area contributed by atoms with E-state index in [1.165, 1.54) is 35.2 Å². The Morgan fingerprint density at radius 1 is 1.16 bits per heavy atom. The molecule has 1 aromatic heterocycles. The summed E-state index contributed by atoms with van der Waals surface area (Å²) in [6.07, 6.45) is 0. The molecular weight excluding hydrogens is 427 g/mol. The molecule has 128 valence electrons. The van der Waals surface area contributed by atoms with Crippen molar-refractivity contribution >= 4 is 61.4 Å². The number of rotatable bonds is 6. The number of aromatic nitrogens is 2. The van der Waals surface area contributed by atoms with Crippen molar-refractivity contribution in [3.63, 3.8) is 0 Å². The number of anilines is 3. The lowest BCUT2D eigenvalue weighted by Gasteiger charge is -2.03. The second-order valence-electron chi connectivity index (χ2n) is 4.85. The Labute approximate surface area is 160 Å². The number of hydrogen-bond donors (Lipinski definition) is 2. The van der Waals surface area contributed by atoms with Gasteiger partial charge in [0.2, 0.25) is 11.0 Å². The summed E-state index contributed by atoms with van der Waals surface area (Å²) in [5, 5.41) is 14.3. The van der Waals surface area contributed by atoms with Crippen molar-refractivity contribution in [2.45, 2.75) is 4.34 Å². The van der Waals surface area contributed by atoms with Gasteiger partial charge in [-0.1, -0.05) is 45.1 Å². The fourth-order valence-corrected chi connectivity index (χ4v) is 3.70. The van der Waals surface area contributed by atoms with E-state index in [1.54, 1.807) is 12.1 Å². The Hall–Kier alpha value is -1.97. The van der Waals surface area contributed by atoms with Crippen LogP contribution in [0.15, 0.2) is 57.3 Å². The van der Waals surface area contributed by atoms with Gasteiger partial charge < -0.3 is 10.6 Å². The molecule has 0 aliphatic heterocycles. The highest BCUT2D eigenvalue weighted by molar-refractivity contribution is 9.10. The summed E-state index contributed by atoms with van der Waals surface area (Å²) >= 11 is 5.95. The zero-order valence-electron chi connectivity index (χ0n) is 12.7. The lowest BCUT2D eigenvalue weighted by atomic mass is 10.3. The Balaban J connectivity index is 1.51. The van der Waals surface area contributed by atoms with E-state index in [4.69, 9.17) is 0 Å². The van der Waals surface area contributed by atoms with Gasteiger partial charge in [-0.3, -0.25) is 4.79 Å². The zero-order chi connectivity index (χ0) is 17.6. The molecule has 0 fully saturated rings. The standard InChI is InChI=1S/C16H12BrFN4OS2/c17-10-4-6-12(7-5-10)19-14(23)9-24-16-22-21-15(25-16)20-13-3-1-2-11(18)8-13/h1-8H,9H2,(H,19,23)(H,20,21). The first-order valence-corrected chi connectivity index (χ1v) is 9.72. The van der Waals surface area contributed by atoms with Gasteiger partial charge in [-0.05, 0) is 42.5 Å². The van der Waals surface area contributed by atoms with E-state index in [9.17, 15) is 9.18 Å². The van der Waals surface area contributed by atoms with Gasteiger partial charge >= 0.3 is 0 Å². The summed E-state index contributed by atoms with van der Waals surface area (Å²) in [4.78, 5) is 12.0. The Morgan fingerprint density at radius 2 is 1.96 bits per heavy atom. The van der Waals surface area contributed by atoms with Gasteiger partial charge in [0.1, 0.15) is 5.82 Å². The van der Waals surface area contributed by atoms with E-state index in [0.29, 0.717) is 15.2 Å². The normalized spacial score (nSPS) is 10.5. The van der Waals surface area contributed by atoms with E-state index in [-0.39, 0.29) is 17.5 Å². The third kappa shape index (κ3) is 5.52. The summed E-state index contributed by atoms with van der Waals surface area (Å²) in [5.41, 5.74) is 1.33. The van der Waals surface area contributed by atoms with Crippen LogP contribution in [-0.2, 0) is 4.79 Å². The molecule has 5 nitrogen and oxygen atoms in total. The van der Waals surface area contributed by atoms with Crippen molar-refractivity contribution in [3.8, 4) is 0 Å². The van der Waals surface area contributed by atoms with E-state index in [1.807, 2.05) is 24.3 Å². The number of hydrogen-bond acceptors (Lipinski definition) is 6. The van der Waals surface area contributed by atoms with Gasteiger partial charge in [0.05, 0.1) is 5.75 Å². The molecular formula is C16H12BrFN4OS2. The Bertz CT molecular complexity index is 873. The molecule has 1 amide bonds. The van der Waals surface area contributed by atoms with Gasteiger partial charge in [-0.15, -0.1) is 10.2 Å². The van der Waals surface area contributed by atoms with E-state index in [0.717, 1.165) is 10.2 Å². The first kappa shape index (κ1) is 17.8. The average molecular weight is 439 g/mol. The molecule has 0 saturated heterocycles. The number of thioether (sulfide) groups is 1. The van der Waals surface area contributed by atoms with Crippen molar-refractivity contribution in [1.82, 2.24) is 10.2 Å². The van der Waals surface area contributed by atoms with E-state index in [2.05, 4.69) is 36.8 Å². The Morgan fingerprint density at radius 3 is 2.72 bits per heavy atom. The van der Waals surface area contributed by atoms with Crippen LogP contribution in [-0.4, -0.2) is 21.9 Å². The van der Waals surface area contributed by atoms with Crippen molar-refractivity contribution in [3.05, 3.63) is 58.8 Å². The SMILES string of the molecule is O=C(CSc1nnc(Nc2cccc(F)c2)s1)Nc1ccc(Br)cc1. The highest BCUT2D eigenvalue weighted by Gasteiger charge is 2.09. The molecule has 0 spiro atoms. The summed E-state index contributed by atoms with van der Waals surface area (Å²) < 4.78 is 14.8. The molecule has 3 aromatic rings. The van der Waals surface area contributed by atoms with Crippen LogP contribution in [0.5, 0.6) is 0 Å². The van der Waals surface area contributed by atoms with Gasteiger partial charge in [0.15, 0.2) is 4.34 Å². The van der Waals surface area contributed by atoms with Crippen molar-refractivity contribution < 1.29 is 9.18 Å². The number of carbonyl (C=O) groups is 1. The number of halogens is 2. The second kappa shape index (κ2) is 8.41. The minimum absolute atomic E-state index is 0.123. The van der Waals surface area contributed by atoms with Gasteiger partial charge in [-0.25, -0.2) is 4.39 Å². The average Bonchev–Trinajstić information content (AvgIpc) is 3.03. The molecule has 25 heavy (non-hydrogen) atoms. The minimum Gasteiger partial charge on any atom is -0.330 e. The summed E-state index contributed by atoms with van der Waals surface area (Å²) in [6, 6.07) is 13.5. The second-order valence-corrected chi connectivity index (χ2v) is 7.97. The minimum atomic E-state index is -0.325. The number of nitrogens with zero attached hydrogens (tertiary/aromatic N) is 2. The van der Waals surface area contributed by atoms with Crippen molar-refractivity contribution in [2.75, 3.05) is 16.4 Å². The zero-order valence-corrected chi connectivity index (χ0v) is 15.9. The largest absolute Gasteiger partial charge is 0.330 e. The molecule has 1 heterocycles. The van der Waals surface area contributed by atoms with Crippen LogP contribution in [0.1, 0.15) is 0 Å². The van der Waals surface area contributed by atoms with Gasteiger partial charge in [0, 0.05) is 15.8 Å². The third-order valence-electron chi connectivity index (χ3n) is 2.94. The maximum absolute atomic E-state index is 13.2. The van der Waals surface area contributed by atoms with E-state index >= 15 is 0 Å². The Kier molecular flexibility index (Phi) is 6.00. The molecule has 0 aliphatic carbocycles. The maximum Gasteiger partial charge on any atom is 0.234 e. The number of benzene rings is 2. The van der Waals surface area contributed by atoms with Crippen LogP contribution >= 0.6 is 39.0 Å². The summed E-state index contributed by atoms with van der Waals surface area (Å²) in [6.45, 7) is 0. The monoisotopic (exact) mass is 438 g/mol. The molecule has 0 atom stereocenters. The summed E-state index contributed by atoms with van der Waals surface area (Å²) in [7, 11) is 0. The van der Waals surface area contributed by atoms with Crippen LogP contribution in [0.2, 0.25) is 0 Å². The maximum atomic E-state index is 13.2. The predicted molar refractivity (Wildman–Crippen MR) is 103 cm³/mol. The van der Waals surface area contributed by atoms with Crippen molar-refractivity contribution in [1.29, 1.82) is 0 Å². The van der Waals surface area contributed by atoms with Crippen LogP contribution < -0.4 is 10.6 Å². The van der Waals surface area contributed by atoms with E-state index < -0.39 is 0 Å². The lowest BCUT2D eigenvalue weighted by molar-refractivity contribution is -0.113. The highest BCUT2D eigenvalue weighted by atomic mass is 79.9. The molecule has 0 radical (unpaired) electrons. The van der Waals surface area contributed by atoms with Crippen LogP contribution in [0.3, 0.4) is 0 Å². The van der Waals surface area contributed by atoms with Crippen LogP contribution in [0.4, 0.5) is 20.9 Å². The highest BCUT2D eigenvalue weighted by Crippen LogP contribution is 2.28. The molecule has 0 bridgehead atoms. The fourth-order valence-electron chi connectivity index (χ4n) is 1.87. The quantitative estimate of drug-likeness (QED) is 0.534. The fraction of sp³-hybridized carbons (Fsp3) is 0.0625. The van der Waals surface area contributed by atoms with Gasteiger partial charge in [0.25, 0.3) is 0 Å². The van der Waals surface area contributed by atoms with Crippen molar-refractivity contribution in [2.24, 2.45) is 0 Å². The molecule has 2 aromatic carbocycles. The molecule has 3 rings (SSSR count). The third-order valence-corrected chi connectivity index (χ3v) is 5.44. The smallest absolute Gasteiger partial charge is 0.234 e. The van der Waals surface area contributed by atoms with Crippen LogP contribution in [0.25, 0.3) is 0 Å². The topological polar surface area (TPSA) is 66.9 Å². The number of carbonyl (C=O) groups excluding carboxylic acids is 1. The van der Waals surface area contributed by atoms with Gasteiger partial charge in [-0.2, -0.15) is 0 Å². The predicted octanol–water partition coefficient (Wildman–Crippen LogP) is 4.91. The number of amides is 1. The number of nitrogens with one attached hydrogen (secondary N) is 2. The molecule has 0 unspecified atom stereocenters. The molecule has 0 saturated carbocycles. The molecule has 2 N–H and O–H groups in total. The first-order valence-electron chi connectivity index (χ1n) is 7.13. The lowest BCUT2D eigenvalue weighted by Crippen LogP contribution is -2.13. The first-order chi connectivity index (χ1) is 12.1. The van der Waals surface area contributed by atoms with Crippen LogP contribution in [0, 0.1) is 5.82 Å². The summed E-state index contributed by atoms with van der Waals surface area (Å²) in [5.74, 6) is -0.221.